The minimum absolute atomic E-state index is 0.0644. The largest absolute Gasteiger partial charge is 0.347 e. The Bertz CT molecular complexity index is 1310. The number of hydrogen-bond donors (Lipinski definition) is 1. The van der Waals surface area contributed by atoms with Gasteiger partial charge in [0.15, 0.2) is 5.69 Å². The van der Waals surface area contributed by atoms with Crippen LogP contribution >= 0.6 is 11.6 Å². The fourth-order valence-corrected chi connectivity index (χ4v) is 7.45. The van der Waals surface area contributed by atoms with Crippen LogP contribution in [-0.2, 0) is 6.54 Å². The van der Waals surface area contributed by atoms with Gasteiger partial charge in [-0.25, -0.2) is 0 Å². The number of benzene rings is 2. The Hall–Kier alpha value is -2.59. The average Bonchev–Trinajstić information content (AvgIpc) is 3.16. The number of halogens is 1. The number of fused-ring (bicyclic) bond motifs is 1. The predicted octanol–water partition coefficient (Wildman–Crippen LogP) is 7.51. The summed E-state index contributed by atoms with van der Waals surface area (Å²) in [6.45, 7) is 13.7. The molecular formula is C31H38ClN3O. The van der Waals surface area contributed by atoms with Crippen LogP contribution in [0.4, 0.5) is 0 Å². The minimum atomic E-state index is -0.0644. The van der Waals surface area contributed by atoms with Crippen molar-refractivity contribution in [2.75, 3.05) is 0 Å². The molecule has 2 aliphatic carbocycles. The molecule has 1 N–H and O–H groups in total. The van der Waals surface area contributed by atoms with Gasteiger partial charge in [0.1, 0.15) is 0 Å². The third-order valence-electron chi connectivity index (χ3n) is 9.12. The van der Waals surface area contributed by atoms with Crippen molar-refractivity contribution < 1.29 is 4.79 Å². The fraction of sp³-hybridized carbons (Fsp3) is 0.484. The summed E-state index contributed by atoms with van der Waals surface area (Å²) in [7, 11) is 0. The molecule has 5 heteroatoms. The molecule has 36 heavy (non-hydrogen) atoms. The van der Waals surface area contributed by atoms with Gasteiger partial charge in [0.05, 0.1) is 12.2 Å². The van der Waals surface area contributed by atoms with Gasteiger partial charge in [-0.15, -0.1) is 0 Å². The Labute approximate surface area is 220 Å². The predicted molar refractivity (Wildman–Crippen MR) is 148 cm³/mol. The molecule has 1 heterocycles. The first-order valence-electron chi connectivity index (χ1n) is 13.2. The van der Waals surface area contributed by atoms with Gasteiger partial charge < -0.3 is 5.32 Å². The van der Waals surface area contributed by atoms with Gasteiger partial charge in [-0.2, -0.15) is 5.10 Å². The highest BCUT2D eigenvalue weighted by Gasteiger charge is 2.64. The van der Waals surface area contributed by atoms with E-state index in [2.05, 4.69) is 63.3 Å². The molecule has 0 aliphatic heterocycles. The number of aromatic nitrogens is 2. The van der Waals surface area contributed by atoms with Crippen molar-refractivity contribution in [3.63, 3.8) is 0 Å². The van der Waals surface area contributed by atoms with E-state index in [1.54, 1.807) is 0 Å². The number of hydrogen-bond acceptors (Lipinski definition) is 2. The second-order valence-electron chi connectivity index (χ2n) is 12.0. The number of nitrogens with zero attached hydrogens (tertiary/aromatic N) is 2. The van der Waals surface area contributed by atoms with Crippen molar-refractivity contribution in [3.05, 3.63) is 75.4 Å². The van der Waals surface area contributed by atoms with E-state index >= 15 is 0 Å². The van der Waals surface area contributed by atoms with E-state index in [4.69, 9.17) is 16.7 Å². The summed E-state index contributed by atoms with van der Waals surface area (Å²) in [4.78, 5) is 13.8. The molecule has 5 rings (SSSR count). The van der Waals surface area contributed by atoms with Crippen molar-refractivity contribution >= 4 is 17.5 Å². The topological polar surface area (TPSA) is 46.9 Å². The highest BCUT2D eigenvalue weighted by atomic mass is 35.5. The smallest absolute Gasteiger partial charge is 0.272 e. The van der Waals surface area contributed by atoms with Crippen molar-refractivity contribution in [1.82, 2.24) is 15.1 Å². The summed E-state index contributed by atoms with van der Waals surface area (Å²) < 4.78 is 1.98. The molecule has 3 unspecified atom stereocenters. The maximum atomic E-state index is 13.8. The average molecular weight is 504 g/mol. The Kier molecular flexibility index (Phi) is 6.31. The van der Waals surface area contributed by atoms with E-state index in [0.29, 0.717) is 18.2 Å². The minimum Gasteiger partial charge on any atom is -0.347 e. The van der Waals surface area contributed by atoms with E-state index in [1.165, 1.54) is 31.2 Å². The lowest BCUT2D eigenvalue weighted by molar-refractivity contribution is -0.156. The summed E-state index contributed by atoms with van der Waals surface area (Å²) >= 11 is 6.34. The molecule has 0 saturated heterocycles. The Balaban J connectivity index is 1.51. The summed E-state index contributed by atoms with van der Waals surface area (Å²) in [5, 5.41) is 9.10. The van der Waals surface area contributed by atoms with Gasteiger partial charge in [-0.3, -0.25) is 9.48 Å². The van der Waals surface area contributed by atoms with Crippen LogP contribution in [0.15, 0.2) is 42.5 Å². The quantitative estimate of drug-likeness (QED) is 0.391. The third kappa shape index (κ3) is 4.08. The second-order valence-corrected chi connectivity index (χ2v) is 12.4. The zero-order valence-corrected chi connectivity index (χ0v) is 23.2. The maximum Gasteiger partial charge on any atom is 0.272 e. The molecule has 2 saturated carbocycles. The number of amides is 1. The number of carbonyl (C=O) groups excluding carboxylic acids is 1. The van der Waals surface area contributed by atoms with Crippen LogP contribution in [0, 0.1) is 37.5 Å². The first-order chi connectivity index (χ1) is 17.0. The Morgan fingerprint density at radius 1 is 1.08 bits per heavy atom. The van der Waals surface area contributed by atoms with Gasteiger partial charge in [-0.05, 0) is 73.6 Å². The zero-order chi connectivity index (χ0) is 25.8. The van der Waals surface area contributed by atoms with Crippen LogP contribution in [0.2, 0.25) is 5.02 Å². The third-order valence-corrected chi connectivity index (χ3v) is 9.54. The van der Waals surface area contributed by atoms with Gasteiger partial charge in [0.2, 0.25) is 0 Å². The first-order valence-corrected chi connectivity index (χ1v) is 13.6. The van der Waals surface area contributed by atoms with E-state index in [0.717, 1.165) is 33.0 Å². The summed E-state index contributed by atoms with van der Waals surface area (Å²) in [5.74, 6) is 0.599. The monoisotopic (exact) mass is 503 g/mol. The van der Waals surface area contributed by atoms with Crippen LogP contribution < -0.4 is 5.32 Å². The molecule has 1 amide bonds. The van der Waals surface area contributed by atoms with Crippen LogP contribution in [0.1, 0.15) is 79.2 Å². The van der Waals surface area contributed by atoms with Crippen molar-refractivity contribution in [1.29, 1.82) is 0 Å². The van der Waals surface area contributed by atoms with E-state index in [1.807, 2.05) is 30.7 Å². The zero-order valence-electron chi connectivity index (χ0n) is 22.4. The first kappa shape index (κ1) is 25.1. The summed E-state index contributed by atoms with van der Waals surface area (Å²) in [5.41, 5.74) is 7.07. The molecule has 2 aromatic carbocycles. The Morgan fingerprint density at radius 2 is 1.81 bits per heavy atom. The lowest BCUT2D eigenvalue weighted by Crippen LogP contribution is -2.71. The second kappa shape index (κ2) is 9.06. The Morgan fingerprint density at radius 3 is 2.50 bits per heavy atom. The van der Waals surface area contributed by atoms with Crippen molar-refractivity contribution in [2.45, 2.75) is 79.8 Å². The van der Waals surface area contributed by atoms with Crippen LogP contribution in [0.3, 0.4) is 0 Å². The van der Waals surface area contributed by atoms with Gasteiger partial charge in [0.25, 0.3) is 5.91 Å². The molecule has 3 aromatic rings. The lowest BCUT2D eigenvalue weighted by atomic mass is 9.40. The SMILES string of the molecule is Cc1ccc(Cn2nc(C(=O)NC3C(C)(C)C4CCCCC43C)c(C)c2-c2ccc(Cl)c(C)c2)cc1. The van der Waals surface area contributed by atoms with Crippen LogP contribution in [-0.4, -0.2) is 21.7 Å². The van der Waals surface area contributed by atoms with Gasteiger partial charge in [0, 0.05) is 22.2 Å². The number of carbonyl (C=O) groups is 1. The molecule has 1 aromatic heterocycles. The molecule has 2 fully saturated rings. The fourth-order valence-electron chi connectivity index (χ4n) is 7.34. The molecule has 4 nitrogen and oxygen atoms in total. The van der Waals surface area contributed by atoms with Gasteiger partial charge in [-0.1, -0.05) is 81.1 Å². The van der Waals surface area contributed by atoms with E-state index in [-0.39, 0.29) is 22.8 Å². The highest BCUT2D eigenvalue weighted by Crippen LogP contribution is 2.65. The highest BCUT2D eigenvalue weighted by molar-refractivity contribution is 6.31. The van der Waals surface area contributed by atoms with Crippen molar-refractivity contribution in [3.8, 4) is 11.3 Å². The summed E-state index contributed by atoms with van der Waals surface area (Å²) in [6.07, 6.45) is 5.00. The van der Waals surface area contributed by atoms with E-state index < -0.39 is 0 Å². The molecule has 190 valence electrons. The normalized spacial score (nSPS) is 24.6. The van der Waals surface area contributed by atoms with Crippen LogP contribution in [0.5, 0.6) is 0 Å². The summed E-state index contributed by atoms with van der Waals surface area (Å²) in [6, 6.07) is 14.7. The molecular weight excluding hydrogens is 466 g/mol. The molecule has 0 bridgehead atoms. The lowest BCUT2D eigenvalue weighted by Gasteiger charge is -2.67. The van der Waals surface area contributed by atoms with Gasteiger partial charge >= 0.3 is 0 Å². The number of aryl methyl sites for hydroxylation is 2. The molecule has 0 spiro atoms. The molecule has 0 radical (unpaired) electrons. The number of nitrogens with one attached hydrogen (secondary N) is 1. The number of rotatable bonds is 5. The standard InChI is InChI=1S/C31H38ClN3O/c1-19-10-12-22(13-11-19)18-35-27(23-14-15-24(32)20(2)17-23)21(3)26(34-35)28(36)33-29-30(4,5)25-9-7-8-16-31(25,29)6/h10-15,17,25,29H,7-9,16,18H2,1-6H3,(H,33,36). The van der Waals surface area contributed by atoms with Crippen LogP contribution in [0.25, 0.3) is 11.3 Å². The van der Waals surface area contributed by atoms with Crippen molar-refractivity contribution in [2.24, 2.45) is 16.7 Å². The molecule has 3 atom stereocenters. The van der Waals surface area contributed by atoms with E-state index in [9.17, 15) is 4.79 Å². The molecule has 2 aliphatic rings. The maximum absolute atomic E-state index is 13.8.